The van der Waals surface area contributed by atoms with E-state index in [1.807, 2.05) is 40.1 Å². The van der Waals surface area contributed by atoms with Crippen molar-refractivity contribution in [2.75, 3.05) is 9.80 Å². The molecular weight excluding hydrogens is 394 g/mol. The van der Waals surface area contributed by atoms with Crippen LogP contribution in [0.3, 0.4) is 0 Å². The first-order valence-electron chi connectivity index (χ1n) is 9.76. The lowest BCUT2D eigenvalue weighted by atomic mass is 9.87. The van der Waals surface area contributed by atoms with Gasteiger partial charge >= 0.3 is 6.03 Å². The predicted molar refractivity (Wildman–Crippen MR) is 123 cm³/mol. The number of nitrogens with zero attached hydrogens (tertiary/aromatic N) is 3. The van der Waals surface area contributed by atoms with Gasteiger partial charge in [-0.1, -0.05) is 53.6 Å². The summed E-state index contributed by atoms with van der Waals surface area (Å²) in [4.78, 5) is 20.9. The zero-order valence-corrected chi connectivity index (χ0v) is 17.9. The van der Waals surface area contributed by atoms with Crippen molar-refractivity contribution in [3.63, 3.8) is 0 Å². The normalized spacial score (nSPS) is 17.8. The number of anilines is 2. The number of halogens is 1. The maximum Gasteiger partial charge on any atom is 0.330 e. The van der Waals surface area contributed by atoms with Crippen LogP contribution >= 0.6 is 11.6 Å². The first kappa shape index (κ1) is 20.0. The third-order valence-electron chi connectivity index (χ3n) is 5.60. The van der Waals surface area contributed by atoms with Crippen LogP contribution in [0.1, 0.15) is 31.0 Å². The second kappa shape index (κ2) is 7.51. The molecule has 0 spiro atoms. The lowest BCUT2D eigenvalue weighted by Crippen LogP contribution is -2.43. The van der Waals surface area contributed by atoms with Crippen LogP contribution in [0.4, 0.5) is 21.9 Å². The zero-order valence-electron chi connectivity index (χ0n) is 17.1. The fraction of sp³-hybridized carbons (Fsp3) is 0.200. The molecule has 1 saturated heterocycles. The quantitative estimate of drug-likeness (QED) is 0.417. The molecule has 4 nitrogen and oxygen atoms in total. The Morgan fingerprint density at radius 2 is 1.60 bits per heavy atom. The van der Waals surface area contributed by atoms with Gasteiger partial charge in [-0.2, -0.15) is 0 Å². The van der Waals surface area contributed by atoms with E-state index in [-0.39, 0.29) is 12.1 Å². The van der Waals surface area contributed by atoms with Crippen molar-refractivity contribution in [3.05, 3.63) is 100 Å². The number of aryl methyl sites for hydroxylation is 1. The molecular formula is C25H22ClN3O. The summed E-state index contributed by atoms with van der Waals surface area (Å²) in [6.07, 6.45) is 0. The summed E-state index contributed by atoms with van der Waals surface area (Å²) in [5, 5.41) is 0.630. The van der Waals surface area contributed by atoms with E-state index in [9.17, 15) is 4.79 Å². The molecule has 3 aromatic carbocycles. The van der Waals surface area contributed by atoms with E-state index < -0.39 is 5.54 Å². The van der Waals surface area contributed by atoms with Crippen LogP contribution in [-0.2, 0) is 0 Å². The fourth-order valence-electron chi connectivity index (χ4n) is 4.28. The summed E-state index contributed by atoms with van der Waals surface area (Å²) in [7, 11) is 0. The number of rotatable bonds is 3. The minimum absolute atomic E-state index is 0.107. The molecule has 1 aliphatic heterocycles. The summed E-state index contributed by atoms with van der Waals surface area (Å²) in [5.41, 5.74) is 3.79. The van der Waals surface area contributed by atoms with Crippen LogP contribution < -0.4 is 9.80 Å². The average Bonchev–Trinajstić information content (AvgIpc) is 2.94. The lowest BCUT2D eigenvalue weighted by Gasteiger charge is -2.35. The Balaban J connectivity index is 1.89. The van der Waals surface area contributed by atoms with Crippen LogP contribution in [0, 0.1) is 13.5 Å². The molecule has 1 heterocycles. The van der Waals surface area contributed by atoms with Crippen LogP contribution in [0.2, 0.25) is 5.02 Å². The molecule has 30 heavy (non-hydrogen) atoms. The highest BCUT2D eigenvalue weighted by molar-refractivity contribution is 6.30. The minimum Gasteiger partial charge on any atom is -0.286 e. The molecule has 150 valence electrons. The van der Waals surface area contributed by atoms with Gasteiger partial charge in [0.1, 0.15) is 0 Å². The van der Waals surface area contributed by atoms with Gasteiger partial charge in [0.05, 0.1) is 18.2 Å². The summed E-state index contributed by atoms with van der Waals surface area (Å²) in [6, 6.07) is 22.5. The van der Waals surface area contributed by atoms with Crippen molar-refractivity contribution in [2.45, 2.75) is 32.4 Å². The molecule has 0 bridgehead atoms. The largest absolute Gasteiger partial charge is 0.330 e. The second-order valence-electron chi connectivity index (χ2n) is 8.06. The van der Waals surface area contributed by atoms with E-state index in [2.05, 4.69) is 43.8 Å². The van der Waals surface area contributed by atoms with Gasteiger partial charge in [0.2, 0.25) is 0 Å². The number of carbonyl (C=O) groups excluding carboxylic acids is 1. The molecule has 3 aromatic rings. The molecule has 5 heteroatoms. The number of benzene rings is 3. The molecule has 2 amide bonds. The van der Waals surface area contributed by atoms with Gasteiger partial charge in [0, 0.05) is 16.4 Å². The smallest absolute Gasteiger partial charge is 0.286 e. The summed E-state index contributed by atoms with van der Waals surface area (Å²) in [6.45, 7) is 13.4. The van der Waals surface area contributed by atoms with Crippen LogP contribution in [-0.4, -0.2) is 11.6 Å². The zero-order chi connectivity index (χ0) is 21.5. The van der Waals surface area contributed by atoms with Gasteiger partial charge in [0.15, 0.2) is 5.69 Å². The second-order valence-corrected chi connectivity index (χ2v) is 8.50. The highest BCUT2D eigenvalue weighted by Gasteiger charge is 2.53. The highest BCUT2D eigenvalue weighted by Crippen LogP contribution is 2.48. The van der Waals surface area contributed by atoms with Gasteiger partial charge < -0.3 is 0 Å². The van der Waals surface area contributed by atoms with Gasteiger partial charge in [0.25, 0.3) is 0 Å². The minimum atomic E-state index is -0.531. The number of carbonyl (C=O) groups is 1. The first-order valence-corrected chi connectivity index (χ1v) is 10.1. The van der Waals surface area contributed by atoms with Crippen molar-refractivity contribution in [1.82, 2.24) is 0 Å². The van der Waals surface area contributed by atoms with Crippen molar-refractivity contribution >= 4 is 34.7 Å². The third kappa shape index (κ3) is 3.32. The molecule has 4 rings (SSSR count). The van der Waals surface area contributed by atoms with Crippen LogP contribution in [0.25, 0.3) is 4.85 Å². The van der Waals surface area contributed by atoms with Crippen molar-refractivity contribution in [1.29, 1.82) is 0 Å². The van der Waals surface area contributed by atoms with Crippen LogP contribution in [0.5, 0.6) is 0 Å². The maximum absolute atomic E-state index is 13.8. The number of hydrogen-bond donors (Lipinski definition) is 0. The van der Waals surface area contributed by atoms with E-state index in [0.717, 1.165) is 22.5 Å². The van der Waals surface area contributed by atoms with Crippen molar-refractivity contribution in [3.8, 4) is 0 Å². The van der Waals surface area contributed by atoms with E-state index >= 15 is 0 Å². The molecule has 1 aliphatic rings. The van der Waals surface area contributed by atoms with Crippen molar-refractivity contribution < 1.29 is 4.79 Å². The number of urea groups is 1. The maximum atomic E-state index is 13.8. The predicted octanol–water partition coefficient (Wildman–Crippen LogP) is 7.17. The average molecular weight is 416 g/mol. The molecule has 1 fully saturated rings. The summed E-state index contributed by atoms with van der Waals surface area (Å²) in [5.74, 6) is 0. The molecule has 1 atom stereocenters. The van der Waals surface area contributed by atoms with E-state index in [0.29, 0.717) is 10.7 Å². The molecule has 0 aromatic heterocycles. The van der Waals surface area contributed by atoms with Gasteiger partial charge in [-0.25, -0.2) is 9.64 Å². The van der Waals surface area contributed by atoms with Gasteiger partial charge in [-0.05, 0) is 62.7 Å². The van der Waals surface area contributed by atoms with E-state index in [1.165, 1.54) is 0 Å². The standard InChI is InChI=1S/C25H22ClN3O/c1-17-6-5-7-18(16-17)23-25(2,3)29(22-12-8-19(26)9-13-22)24(30)28(23)21-14-10-20(27-4)11-15-21/h5-16,23H,1-3H3/t23-/m1/s1. The molecule has 0 aliphatic carbocycles. The molecule has 0 radical (unpaired) electrons. The van der Waals surface area contributed by atoms with Crippen molar-refractivity contribution in [2.24, 2.45) is 0 Å². The van der Waals surface area contributed by atoms with E-state index in [4.69, 9.17) is 18.2 Å². The Bertz CT molecular complexity index is 1130. The Labute approximate surface area is 182 Å². The first-order chi connectivity index (χ1) is 14.3. The molecule has 0 saturated carbocycles. The fourth-order valence-corrected chi connectivity index (χ4v) is 4.41. The highest BCUT2D eigenvalue weighted by atomic mass is 35.5. The molecule has 0 N–H and O–H groups in total. The summed E-state index contributed by atoms with van der Waals surface area (Å²) < 4.78 is 0. The van der Waals surface area contributed by atoms with Gasteiger partial charge in [-0.15, -0.1) is 0 Å². The Morgan fingerprint density at radius 3 is 2.20 bits per heavy atom. The Kier molecular flexibility index (Phi) is 5.01. The number of amides is 2. The SMILES string of the molecule is [C-]#[N+]c1ccc(N2C(=O)N(c3ccc(Cl)cc3)C(C)(C)[C@H]2c2cccc(C)c2)cc1. The Morgan fingerprint density at radius 1 is 0.967 bits per heavy atom. The summed E-state index contributed by atoms with van der Waals surface area (Å²) >= 11 is 6.08. The third-order valence-corrected chi connectivity index (χ3v) is 5.85. The Hall–Kier alpha value is -3.29. The van der Waals surface area contributed by atoms with Gasteiger partial charge in [-0.3, -0.25) is 9.80 Å². The lowest BCUT2D eigenvalue weighted by molar-refractivity contribution is 0.254. The van der Waals surface area contributed by atoms with E-state index in [1.54, 1.807) is 24.3 Å². The topological polar surface area (TPSA) is 27.9 Å². The number of hydrogen-bond acceptors (Lipinski definition) is 1. The molecule has 0 unspecified atom stereocenters. The monoisotopic (exact) mass is 415 g/mol. The van der Waals surface area contributed by atoms with Crippen LogP contribution in [0.15, 0.2) is 72.8 Å².